The Morgan fingerprint density at radius 1 is 1.37 bits per heavy atom. The molecule has 1 amide bonds. The van der Waals surface area contributed by atoms with Crippen LogP contribution in [-0.2, 0) is 14.4 Å². The number of hydrogen-bond donors (Lipinski definition) is 1. The van der Waals surface area contributed by atoms with Gasteiger partial charge in [-0.2, -0.15) is 0 Å². The average molecular weight is 285 g/mol. The molecule has 0 bridgehead atoms. The number of amides is 1. The van der Waals surface area contributed by atoms with Gasteiger partial charge in [0.25, 0.3) is 0 Å². The molecule has 0 aromatic rings. The van der Waals surface area contributed by atoms with Crippen LogP contribution in [0.1, 0.15) is 39.0 Å². The minimum Gasteiger partial charge on any atom is -0.479 e. The highest BCUT2D eigenvalue weighted by Gasteiger charge is 2.33. The van der Waals surface area contributed by atoms with Crippen LogP contribution in [0.4, 0.5) is 0 Å². The summed E-state index contributed by atoms with van der Waals surface area (Å²) in [7, 11) is 0. The Morgan fingerprint density at radius 2 is 2.11 bits per heavy atom. The Hall–Kier alpha value is -1.04. The van der Waals surface area contributed by atoms with Crippen LogP contribution in [-0.4, -0.2) is 39.3 Å². The zero-order valence-electron chi connectivity index (χ0n) is 11.1. The molecule has 2 radical (unpaired) electrons. The minimum absolute atomic E-state index is 0.0705. The molecule has 0 atom stereocenters. The van der Waals surface area contributed by atoms with Crippen LogP contribution in [0.2, 0.25) is 0 Å². The molecule has 1 fully saturated rings. The normalized spacial score (nSPS) is 16.4. The molecule has 0 aromatic heterocycles. The van der Waals surface area contributed by atoms with Gasteiger partial charge in [-0.3, -0.25) is 9.59 Å². The number of rotatable bonds is 6. The highest BCUT2D eigenvalue weighted by Crippen LogP contribution is 2.23. The second-order valence-electron chi connectivity index (χ2n) is 4.30. The van der Waals surface area contributed by atoms with E-state index >= 15 is 0 Å². The Bertz CT molecular complexity index is 346. The Morgan fingerprint density at radius 3 is 2.74 bits per heavy atom. The fourth-order valence-electron chi connectivity index (χ4n) is 1.84. The lowest BCUT2D eigenvalue weighted by Crippen LogP contribution is -2.42. The molecule has 0 unspecified atom stereocenters. The standard InChI is InChI=1S/C13H19NO4S/c1-2-5-12(16)19-9-7-11(15)14-8-4-3-6-10(14)13(17)18/h6H,2-5,7-9H2,1H3,(H,17,18). The molecule has 6 heteroatoms. The van der Waals surface area contributed by atoms with Crippen LogP contribution in [0, 0.1) is 12.5 Å². The fraction of sp³-hybridized carbons (Fsp3) is 0.615. The fourth-order valence-corrected chi connectivity index (χ4v) is 2.70. The number of carboxylic acids is 1. The SMILES string of the molecule is CCCC(=O)SCCC(=O)N1CCC[CH][C]1C(=O)O. The van der Waals surface area contributed by atoms with Crippen molar-refractivity contribution in [3.63, 3.8) is 0 Å². The summed E-state index contributed by atoms with van der Waals surface area (Å²) >= 11 is 1.15. The number of carbonyl (C=O) groups excluding carboxylic acids is 2. The molecule has 0 aliphatic carbocycles. The van der Waals surface area contributed by atoms with Crippen LogP contribution in [0.5, 0.6) is 0 Å². The van der Waals surface area contributed by atoms with Crippen LogP contribution >= 0.6 is 11.8 Å². The lowest BCUT2D eigenvalue weighted by Gasteiger charge is -2.31. The molecule has 0 saturated carbocycles. The van der Waals surface area contributed by atoms with Crippen molar-refractivity contribution in [3.05, 3.63) is 12.5 Å². The van der Waals surface area contributed by atoms with Gasteiger partial charge in [0.05, 0.1) is 0 Å². The van der Waals surface area contributed by atoms with Crippen molar-refractivity contribution in [1.29, 1.82) is 0 Å². The van der Waals surface area contributed by atoms with Crippen molar-refractivity contribution >= 4 is 28.8 Å². The first-order chi connectivity index (χ1) is 9.06. The average Bonchev–Trinajstić information content (AvgIpc) is 2.38. The van der Waals surface area contributed by atoms with Crippen LogP contribution in [0.25, 0.3) is 0 Å². The van der Waals surface area contributed by atoms with Gasteiger partial charge in [0.1, 0.15) is 0 Å². The van der Waals surface area contributed by atoms with Crippen molar-refractivity contribution < 1.29 is 19.5 Å². The summed E-state index contributed by atoms with van der Waals surface area (Å²) in [6.45, 7) is 2.38. The van der Waals surface area contributed by atoms with Gasteiger partial charge >= 0.3 is 5.97 Å². The largest absolute Gasteiger partial charge is 0.479 e. The summed E-state index contributed by atoms with van der Waals surface area (Å²) in [5.41, 5.74) is 0. The van der Waals surface area contributed by atoms with E-state index in [9.17, 15) is 14.4 Å². The lowest BCUT2D eigenvalue weighted by molar-refractivity contribution is -0.143. The second kappa shape index (κ2) is 8.19. The highest BCUT2D eigenvalue weighted by atomic mass is 32.2. The van der Waals surface area contributed by atoms with Crippen molar-refractivity contribution in [1.82, 2.24) is 4.90 Å². The van der Waals surface area contributed by atoms with Gasteiger partial charge in [-0.15, -0.1) is 0 Å². The van der Waals surface area contributed by atoms with Gasteiger partial charge in [0, 0.05) is 31.6 Å². The predicted octanol–water partition coefficient (Wildman–Crippen LogP) is 1.88. The van der Waals surface area contributed by atoms with Gasteiger partial charge < -0.3 is 10.0 Å². The monoisotopic (exact) mass is 285 g/mol. The predicted molar refractivity (Wildman–Crippen MR) is 73.1 cm³/mol. The third-order valence-electron chi connectivity index (χ3n) is 2.77. The van der Waals surface area contributed by atoms with Crippen molar-refractivity contribution in [2.45, 2.75) is 39.0 Å². The maximum atomic E-state index is 11.9. The molecule has 19 heavy (non-hydrogen) atoms. The van der Waals surface area contributed by atoms with E-state index in [-0.39, 0.29) is 23.5 Å². The van der Waals surface area contributed by atoms with E-state index in [0.29, 0.717) is 25.1 Å². The van der Waals surface area contributed by atoms with Crippen LogP contribution in [0.15, 0.2) is 0 Å². The smallest absolute Gasteiger partial charge is 0.333 e. The van der Waals surface area contributed by atoms with Gasteiger partial charge in [0.2, 0.25) is 5.91 Å². The zero-order chi connectivity index (χ0) is 14.3. The summed E-state index contributed by atoms with van der Waals surface area (Å²) in [6.07, 6.45) is 4.57. The first kappa shape index (κ1) is 16.0. The number of nitrogens with zero attached hydrogens (tertiary/aromatic N) is 1. The maximum Gasteiger partial charge on any atom is 0.333 e. The molecular formula is C13H19NO4S. The first-order valence-corrected chi connectivity index (χ1v) is 7.44. The Balaban J connectivity index is 2.38. The minimum atomic E-state index is -1.07. The molecule has 5 nitrogen and oxygen atoms in total. The van der Waals surface area contributed by atoms with Gasteiger partial charge in [0.15, 0.2) is 11.2 Å². The van der Waals surface area contributed by atoms with Crippen molar-refractivity contribution in [3.8, 4) is 0 Å². The van der Waals surface area contributed by atoms with Gasteiger partial charge in [-0.05, 0) is 19.3 Å². The Kier molecular flexibility index (Phi) is 6.91. The first-order valence-electron chi connectivity index (χ1n) is 6.45. The molecule has 1 saturated heterocycles. The summed E-state index contributed by atoms with van der Waals surface area (Å²) in [5, 5.41) is 9.11. The van der Waals surface area contributed by atoms with E-state index in [1.807, 2.05) is 6.92 Å². The van der Waals surface area contributed by atoms with E-state index in [0.717, 1.165) is 24.6 Å². The number of likely N-dealkylation sites (tertiary alicyclic amines) is 1. The number of piperidine rings is 1. The van der Waals surface area contributed by atoms with Crippen molar-refractivity contribution in [2.24, 2.45) is 0 Å². The number of thioether (sulfide) groups is 1. The topological polar surface area (TPSA) is 74.7 Å². The lowest BCUT2D eigenvalue weighted by atomic mass is 10.0. The quantitative estimate of drug-likeness (QED) is 0.806. The molecule has 1 N–H and O–H groups in total. The molecular weight excluding hydrogens is 266 g/mol. The molecule has 0 spiro atoms. The van der Waals surface area contributed by atoms with E-state index in [4.69, 9.17) is 5.11 Å². The molecule has 1 rings (SSSR count). The van der Waals surface area contributed by atoms with Crippen molar-refractivity contribution in [2.75, 3.05) is 12.3 Å². The molecule has 1 aliphatic rings. The van der Waals surface area contributed by atoms with Crippen LogP contribution < -0.4 is 0 Å². The number of aliphatic carboxylic acids is 1. The van der Waals surface area contributed by atoms with Gasteiger partial charge in [-0.1, -0.05) is 18.7 Å². The molecule has 106 valence electrons. The third kappa shape index (κ3) is 5.22. The second-order valence-corrected chi connectivity index (χ2v) is 5.45. The van der Waals surface area contributed by atoms with E-state index < -0.39 is 5.97 Å². The van der Waals surface area contributed by atoms with Gasteiger partial charge in [-0.25, -0.2) is 4.79 Å². The summed E-state index contributed by atoms with van der Waals surface area (Å²) in [5.74, 6) is -0.867. The molecule has 1 aliphatic heterocycles. The van der Waals surface area contributed by atoms with E-state index in [2.05, 4.69) is 0 Å². The maximum absolute atomic E-state index is 11.9. The highest BCUT2D eigenvalue weighted by molar-refractivity contribution is 8.13. The molecule has 0 aromatic carbocycles. The summed E-state index contributed by atoms with van der Waals surface area (Å²) < 4.78 is 0. The summed E-state index contributed by atoms with van der Waals surface area (Å²) in [6, 6.07) is 0.0705. The number of carbonyl (C=O) groups is 3. The third-order valence-corrected chi connectivity index (χ3v) is 3.70. The van der Waals surface area contributed by atoms with Crippen LogP contribution in [0.3, 0.4) is 0 Å². The van der Waals surface area contributed by atoms with E-state index in [1.165, 1.54) is 4.90 Å². The summed E-state index contributed by atoms with van der Waals surface area (Å²) in [4.78, 5) is 35.6. The number of hydrogen-bond acceptors (Lipinski definition) is 4. The Labute approximate surface area is 117 Å². The van der Waals surface area contributed by atoms with E-state index in [1.54, 1.807) is 6.42 Å². The zero-order valence-corrected chi connectivity index (χ0v) is 11.9. The number of carboxylic acid groups (broad SMARTS) is 1. The molecule has 1 heterocycles.